The van der Waals surface area contributed by atoms with Crippen molar-refractivity contribution in [3.8, 4) is 0 Å². The Morgan fingerprint density at radius 3 is 3.06 bits per heavy atom. The van der Waals surface area contributed by atoms with Gasteiger partial charge in [0.25, 0.3) is 0 Å². The maximum Gasteiger partial charge on any atom is 0.0964 e. The molecule has 0 spiro atoms. The third-order valence-corrected chi connectivity index (χ3v) is 4.04. The van der Waals surface area contributed by atoms with Crippen molar-refractivity contribution < 1.29 is 9.84 Å². The summed E-state index contributed by atoms with van der Waals surface area (Å²) in [6, 6.07) is 2.59. The molecule has 2 atom stereocenters. The molecule has 2 rings (SSSR count). The molecule has 1 aromatic rings. The van der Waals surface area contributed by atoms with E-state index < -0.39 is 6.10 Å². The van der Waals surface area contributed by atoms with Gasteiger partial charge in [0.1, 0.15) is 0 Å². The number of hydrogen-bond donors (Lipinski definition) is 1. The molecule has 96 valence electrons. The summed E-state index contributed by atoms with van der Waals surface area (Å²) in [7, 11) is 0. The van der Waals surface area contributed by atoms with Crippen LogP contribution in [0, 0.1) is 0 Å². The lowest BCUT2D eigenvalue weighted by Crippen LogP contribution is -2.50. The zero-order valence-corrected chi connectivity index (χ0v) is 11.3. The lowest BCUT2D eigenvalue weighted by Gasteiger charge is -2.37. The highest BCUT2D eigenvalue weighted by Gasteiger charge is 2.27. The second-order valence-corrected chi connectivity index (χ2v) is 5.68. The fourth-order valence-corrected chi connectivity index (χ4v) is 2.86. The Labute approximate surface area is 107 Å². The van der Waals surface area contributed by atoms with E-state index in [9.17, 15) is 5.11 Å². The monoisotopic (exact) mass is 255 g/mol. The van der Waals surface area contributed by atoms with Crippen LogP contribution in [0.2, 0.25) is 0 Å². The molecular weight excluding hydrogens is 234 g/mol. The normalized spacial score (nSPS) is 24.1. The molecule has 1 aliphatic rings. The first-order chi connectivity index (χ1) is 8.16. The van der Waals surface area contributed by atoms with Gasteiger partial charge in [0.15, 0.2) is 0 Å². The van der Waals surface area contributed by atoms with Gasteiger partial charge >= 0.3 is 0 Å². The second kappa shape index (κ2) is 5.96. The van der Waals surface area contributed by atoms with Gasteiger partial charge in [-0.05, 0) is 36.2 Å². The Bertz CT molecular complexity index is 326. The van der Waals surface area contributed by atoms with Crippen molar-refractivity contribution in [2.45, 2.75) is 38.5 Å². The smallest absolute Gasteiger partial charge is 0.0964 e. The number of nitrogens with zero attached hydrogens (tertiary/aromatic N) is 1. The molecule has 1 N–H and O–H groups in total. The van der Waals surface area contributed by atoms with Crippen molar-refractivity contribution in [1.82, 2.24) is 4.90 Å². The number of hydrogen-bond acceptors (Lipinski definition) is 4. The van der Waals surface area contributed by atoms with Crippen LogP contribution in [-0.4, -0.2) is 48.0 Å². The van der Waals surface area contributed by atoms with Gasteiger partial charge in [-0.2, -0.15) is 11.3 Å². The summed E-state index contributed by atoms with van der Waals surface area (Å²) >= 11 is 1.67. The molecule has 0 aliphatic carbocycles. The lowest BCUT2D eigenvalue weighted by atomic mass is 10.0. The fourth-order valence-electron chi connectivity index (χ4n) is 2.18. The molecule has 0 bridgehead atoms. The van der Waals surface area contributed by atoms with E-state index in [1.165, 1.54) is 5.56 Å². The second-order valence-electron chi connectivity index (χ2n) is 4.90. The summed E-state index contributed by atoms with van der Waals surface area (Å²) in [5.74, 6) is 0. The van der Waals surface area contributed by atoms with Crippen LogP contribution in [0.15, 0.2) is 16.8 Å². The van der Waals surface area contributed by atoms with Gasteiger partial charge < -0.3 is 9.84 Å². The first-order valence-corrected chi connectivity index (χ1v) is 7.16. The van der Waals surface area contributed by atoms with E-state index in [2.05, 4.69) is 30.2 Å². The van der Waals surface area contributed by atoms with Crippen molar-refractivity contribution in [1.29, 1.82) is 0 Å². The quantitative estimate of drug-likeness (QED) is 0.890. The summed E-state index contributed by atoms with van der Waals surface area (Å²) in [5.41, 5.74) is 1.20. The Kier molecular flexibility index (Phi) is 4.56. The van der Waals surface area contributed by atoms with Crippen LogP contribution < -0.4 is 0 Å². The molecule has 0 saturated carbocycles. The molecule has 0 amide bonds. The average Bonchev–Trinajstić information content (AvgIpc) is 2.82. The van der Waals surface area contributed by atoms with Gasteiger partial charge in [-0.15, -0.1) is 0 Å². The van der Waals surface area contributed by atoms with Crippen molar-refractivity contribution in [3.63, 3.8) is 0 Å². The molecular formula is C13H21NO2S. The molecule has 0 aromatic carbocycles. The van der Waals surface area contributed by atoms with Gasteiger partial charge in [-0.1, -0.05) is 0 Å². The van der Waals surface area contributed by atoms with Crippen LogP contribution in [0.1, 0.15) is 19.4 Å². The molecule has 1 saturated heterocycles. The maximum absolute atomic E-state index is 10.2. The fraction of sp³-hybridized carbons (Fsp3) is 0.692. The molecule has 0 radical (unpaired) electrons. The van der Waals surface area contributed by atoms with Crippen molar-refractivity contribution in [3.05, 3.63) is 22.4 Å². The molecule has 2 unspecified atom stereocenters. The predicted octanol–water partition coefficient (Wildman–Crippen LogP) is 1.76. The van der Waals surface area contributed by atoms with Gasteiger partial charge in [0.2, 0.25) is 0 Å². The highest BCUT2D eigenvalue weighted by Crippen LogP contribution is 2.16. The summed E-state index contributed by atoms with van der Waals surface area (Å²) in [4.78, 5) is 2.37. The largest absolute Gasteiger partial charge is 0.390 e. The summed E-state index contributed by atoms with van der Waals surface area (Å²) in [6.45, 7) is 6.91. The Morgan fingerprint density at radius 2 is 2.41 bits per heavy atom. The Balaban J connectivity index is 1.88. The van der Waals surface area contributed by atoms with Crippen molar-refractivity contribution in [2.75, 3.05) is 19.7 Å². The standard InChI is InChI=1S/C13H21NO2S/c1-10(2)14-4-5-16-13(8-14)12(15)7-11-3-6-17-9-11/h3,6,9-10,12-13,15H,4-5,7-8H2,1-2H3. The van der Waals surface area contributed by atoms with Crippen LogP contribution in [-0.2, 0) is 11.2 Å². The summed E-state index contributed by atoms with van der Waals surface area (Å²) in [5, 5.41) is 14.3. The molecule has 2 heterocycles. The Hall–Kier alpha value is -0.420. The van der Waals surface area contributed by atoms with E-state index in [1.807, 2.05) is 5.38 Å². The Morgan fingerprint density at radius 1 is 1.59 bits per heavy atom. The number of aliphatic hydroxyl groups is 1. The minimum atomic E-state index is -0.397. The highest BCUT2D eigenvalue weighted by atomic mass is 32.1. The van der Waals surface area contributed by atoms with Crippen molar-refractivity contribution in [2.24, 2.45) is 0 Å². The van der Waals surface area contributed by atoms with Crippen LogP contribution in [0.5, 0.6) is 0 Å². The van der Waals surface area contributed by atoms with Gasteiger partial charge in [-0.3, -0.25) is 4.90 Å². The molecule has 17 heavy (non-hydrogen) atoms. The van der Waals surface area contributed by atoms with E-state index in [0.29, 0.717) is 12.5 Å². The molecule has 3 nitrogen and oxygen atoms in total. The van der Waals surface area contributed by atoms with E-state index in [-0.39, 0.29) is 6.10 Å². The minimum Gasteiger partial charge on any atom is -0.390 e. The van der Waals surface area contributed by atoms with Crippen LogP contribution >= 0.6 is 11.3 Å². The van der Waals surface area contributed by atoms with E-state index in [1.54, 1.807) is 11.3 Å². The van der Waals surface area contributed by atoms with E-state index >= 15 is 0 Å². The van der Waals surface area contributed by atoms with Crippen LogP contribution in [0.4, 0.5) is 0 Å². The number of rotatable bonds is 4. The lowest BCUT2D eigenvalue weighted by molar-refractivity contribution is -0.0940. The third-order valence-electron chi connectivity index (χ3n) is 3.31. The highest BCUT2D eigenvalue weighted by molar-refractivity contribution is 7.07. The average molecular weight is 255 g/mol. The molecule has 4 heteroatoms. The zero-order chi connectivity index (χ0) is 12.3. The van der Waals surface area contributed by atoms with Gasteiger partial charge in [-0.25, -0.2) is 0 Å². The zero-order valence-electron chi connectivity index (χ0n) is 10.5. The van der Waals surface area contributed by atoms with Crippen LogP contribution in [0.3, 0.4) is 0 Å². The number of aliphatic hydroxyl groups excluding tert-OH is 1. The number of thiophene rings is 1. The molecule has 1 aromatic heterocycles. The predicted molar refractivity (Wildman–Crippen MR) is 70.5 cm³/mol. The first kappa shape index (κ1) is 13.0. The molecule has 1 fully saturated rings. The van der Waals surface area contributed by atoms with Gasteiger partial charge in [0, 0.05) is 25.6 Å². The summed E-state index contributed by atoms with van der Waals surface area (Å²) in [6.07, 6.45) is 0.248. The number of morpholine rings is 1. The molecule has 1 aliphatic heterocycles. The first-order valence-electron chi connectivity index (χ1n) is 6.21. The SMILES string of the molecule is CC(C)N1CCOC(C(O)Cc2ccsc2)C1. The van der Waals surface area contributed by atoms with Gasteiger partial charge in [0.05, 0.1) is 18.8 Å². The topological polar surface area (TPSA) is 32.7 Å². The summed E-state index contributed by atoms with van der Waals surface area (Å²) < 4.78 is 5.68. The van der Waals surface area contributed by atoms with E-state index in [0.717, 1.165) is 19.7 Å². The van der Waals surface area contributed by atoms with E-state index in [4.69, 9.17) is 4.74 Å². The van der Waals surface area contributed by atoms with Crippen LogP contribution in [0.25, 0.3) is 0 Å². The minimum absolute atomic E-state index is 0.0500. The third kappa shape index (κ3) is 3.52. The number of ether oxygens (including phenoxy) is 1. The maximum atomic E-state index is 10.2. The van der Waals surface area contributed by atoms with Crippen molar-refractivity contribution >= 4 is 11.3 Å².